The highest BCUT2D eigenvalue weighted by molar-refractivity contribution is 5.36. The van der Waals surface area contributed by atoms with Gasteiger partial charge in [0, 0.05) is 13.2 Å². The van der Waals surface area contributed by atoms with E-state index in [9.17, 15) is 5.11 Å². The predicted octanol–water partition coefficient (Wildman–Crippen LogP) is -0.172. The van der Waals surface area contributed by atoms with Gasteiger partial charge in [0.05, 0.1) is 6.61 Å². The van der Waals surface area contributed by atoms with Gasteiger partial charge in [-0.3, -0.25) is 0 Å². The van der Waals surface area contributed by atoms with Crippen molar-refractivity contribution >= 4 is 5.82 Å². The molecule has 12 heavy (non-hydrogen) atoms. The van der Waals surface area contributed by atoms with Crippen LogP contribution in [0.3, 0.4) is 0 Å². The van der Waals surface area contributed by atoms with E-state index in [0.29, 0.717) is 5.82 Å². The van der Waals surface area contributed by atoms with Crippen LogP contribution in [0, 0.1) is 0 Å². The first-order chi connectivity index (χ1) is 5.75. The van der Waals surface area contributed by atoms with Gasteiger partial charge in [-0.25, -0.2) is 4.98 Å². The molecule has 0 spiro atoms. The number of rotatable bonds is 3. The van der Waals surface area contributed by atoms with Crippen LogP contribution in [0.25, 0.3) is 0 Å². The van der Waals surface area contributed by atoms with E-state index in [-0.39, 0.29) is 6.61 Å². The summed E-state index contributed by atoms with van der Waals surface area (Å²) in [6.07, 6.45) is 0.746. The Morgan fingerprint density at radius 3 is 2.83 bits per heavy atom. The van der Waals surface area contributed by atoms with Crippen LogP contribution in [0.5, 0.6) is 0 Å². The van der Waals surface area contributed by atoms with Crippen molar-refractivity contribution < 1.29 is 10.2 Å². The van der Waals surface area contributed by atoms with Gasteiger partial charge in [-0.15, -0.1) is 0 Å². The Labute approximate surface area is 71.1 Å². The lowest BCUT2D eigenvalue weighted by molar-refractivity contribution is 0.0953. The summed E-state index contributed by atoms with van der Waals surface area (Å²) in [5.41, 5.74) is 0. The number of aromatic nitrogens is 1. The quantitative estimate of drug-likeness (QED) is 0.615. The van der Waals surface area contributed by atoms with Crippen molar-refractivity contribution in [1.29, 1.82) is 0 Å². The standard InChI is InChI=1S/C8H12N2O2/c1-10(8(12)6-11)7-4-2-3-5-9-7/h2-5,8,11-12H,6H2,1H3. The van der Waals surface area contributed by atoms with E-state index in [0.717, 1.165) is 0 Å². The monoisotopic (exact) mass is 168 g/mol. The number of pyridine rings is 1. The molecular formula is C8H12N2O2. The largest absolute Gasteiger partial charge is 0.392 e. The number of aliphatic hydroxyl groups excluding tert-OH is 2. The van der Waals surface area contributed by atoms with Crippen LogP contribution in [0.15, 0.2) is 24.4 Å². The summed E-state index contributed by atoms with van der Waals surface area (Å²) in [6.45, 7) is -0.299. The van der Waals surface area contributed by atoms with Crippen molar-refractivity contribution in [3.05, 3.63) is 24.4 Å². The number of hydrogen-bond donors (Lipinski definition) is 2. The van der Waals surface area contributed by atoms with Crippen LogP contribution in [0.2, 0.25) is 0 Å². The molecule has 1 aromatic heterocycles. The summed E-state index contributed by atoms with van der Waals surface area (Å²) in [5, 5.41) is 17.9. The van der Waals surface area contributed by atoms with Crippen LogP contribution < -0.4 is 4.90 Å². The number of aliphatic hydroxyl groups is 2. The van der Waals surface area contributed by atoms with E-state index in [1.807, 2.05) is 6.07 Å². The summed E-state index contributed by atoms with van der Waals surface area (Å²) in [4.78, 5) is 5.50. The second-order valence-electron chi connectivity index (χ2n) is 2.46. The van der Waals surface area contributed by atoms with Gasteiger partial charge in [-0.05, 0) is 12.1 Å². The van der Waals surface area contributed by atoms with E-state index >= 15 is 0 Å². The first-order valence-corrected chi connectivity index (χ1v) is 3.68. The van der Waals surface area contributed by atoms with Gasteiger partial charge in [0.1, 0.15) is 5.82 Å². The first-order valence-electron chi connectivity index (χ1n) is 3.68. The topological polar surface area (TPSA) is 56.6 Å². The molecule has 0 fully saturated rings. The molecule has 0 aliphatic rings. The Kier molecular flexibility index (Phi) is 3.01. The lowest BCUT2D eigenvalue weighted by Gasteiger charge is -2.22. The molecule has 2 N–H and O–H groups in total. The van der Waals surface area contributed by atoms with E-state index < -0.39 is 6.23 Å². The van der Waals surface area contributed by atoms with Crippen LogP contribution >= 0.6 is 0 Å². The Morgan fingerprint density at radius 2 is 2.33 bits per heavy atom. The van der Waals surface area contributed by atoms with E-state index in [2.05, 4.69) is 4.98 Å². The molecule has 0 amide bonds. The van der Waals surface area contributed by atoms with Crippen LogP contribution in [-0.4, -0.2) is 35.1 Å². The highest BCUT2D eigenvalue weighted by Gasteiger charge is 2.09. The lowest BCUT2D eigenvalue weighted by atomic mass is 10.4. The zero-order valence-corrected chi connectivity index (χ0v) is 6.88. The normalized spacial score (nSPS) is 12.6. The second kappa shape index (κ2) is 4.04. The third-order valence-corrected chi connectivity index (χ3v) is 1.62. The Morgan fingerprint density at radius 1 is 1.58 bits per heavy atom. The highest BCUT2D eigenvalue weighted by Crippen LogP contribution is 2.08. The Bertz CT molecular complexity index is 228. The number of nitrogens with zero attached hydrogens (tertiary/aromatic N) is 2. The average Bonchev–Trinajstić information content (AvgIpc) is 2.17. The molecule has 1 aromatic rings. The molecule has 1 heterocycles. The van der Waals surface area contributed by atoms with Gasteiger partial charge in [0.15, 0.2) is 6.23 Å². The molecule has 0 saturated carbocycles. The van der Waals surface area contributed by atoms with Crippen LogP contribution in [0.1, 0.15) is 0 Å². The van der Waals surface area contributed by atoms with E-state index in [1.54, 1.807) is 25.4 Å². The molecule has 1 atom stereocenters. The maximum absolute atomic E-state index is 9.22. The van der Waals surface area contributed by atoms with Crippen molar-refractivity contribution in [2.75, 3.05) is 18.6 Å². The number of likely N-dealkylation sites (N-methyl/N-ethyl adjacent to an activating group) is 1. The molecule has 66 valence electrons. The summed E-state index contributed by atoms with van der Waals surface area (Å²) in [7, 11) is 1.67. The van der Waals surface area contributed by atoms with Gasteiger partial charge in [0.25, 0.3) is 0 Å². The molecule has 1 rings (SSSR count). The minimum atomic E-state index is -0.889. The molecule has 1 unspecified atom stereocenters. The number of hydrogen-bond acceptors (Lipinski definition) is 4. The second-order valence-corrected chi connectivity index (χ2v) is 2.46. The third kappa shape index (κ3) is 1.93. The third-order valence-electron chi connectivity index (χ3n) is 1.62. The van der Waals surface area contributed by atoms with E-state index in [1.165, 1.54) is 4.90 Å². The fourth-order valence-corrected chi connectivity index (χ4v) is 0.838. The average molecular weight is 168 g/mol. The van der Waals surface area contributed by atoms with Crippen molar-refractivity contribution in [2.45, 2.75) is 6.23 Å². The number of anilines is 1. The highest BCUT2D eigenvalue weighted by atomic mass is 16.3. The van der Waals surface area contributed by atoms with Crippen molar-refractivity contribution in [2.24, 2.45) is 0 Å². The summed E-state index contributed by atoms with van der Waals surface area (Å²) in [6, 6.07) is 5.38. The van der Waals surface area contributed by atoms with Crippen LogP contribution in [-0.2, 0) is 0 Å². The van der Waals surface area contributed by atoms with E-state index in [4.69, 9.17) is 5.11 Å². The molecule has 0 aliphatic heterocycles. The molecule has 0 saturated heterocycles. The van der Waals surface area contributed by atoms with Gasteiger partial charge in [-0.2, -0.15) is 0 Å². The fraction of sp³-hybridized carbons (Fsp3) is 0.375. The molecule has 4 nitrogen and oxygen atoms in total. The predicted molar refractivity (Wildman–Crippen MR) is 45.7 cm³/mol. The molecule has 0 aliphatic carbocycles. The molecule has 4 heteroatoms. The Hall–Kier alpha value is -1.13. The van der Waals surface area contributed by atoms with Gasteiger partial charge < -0.3 is 15.1 Å². The molecule has 0 radical (unpaired) electrons. The van der Waals surface area contributed by atoms with Gasteiger partial charge >= 0.3 is 0 Å². The summed E-state index contributed by atoms with van der Waals surface area (Å²) in [5.74, 6) is 0.638. The summed E-state index contributed by atoms with van der Waals surface area (Å²) >= 11 is 0. The van der Waals surface area contributed by atoms with Crippen molar-refractivity contribution in [1.82, 2.24) is 4.98 Å². The SMILES string of the molecule is CN(c1ccccn1)C(O)CO. The fourth-order valence-electron chi connectivity index (χ4n) is 0.838. The zero-order chi connectivity index (χ0) is 8.97. The maximum Gasteiger partial charge on any atom is 0.151 e. The van der Waals surface area contributed by atoms with Gasteiger partial charge in [-0.1, -0.05) is 6.07 Å². The minimum absolute atomic E-state index is 0.299. The first kappa shape index (κ1) is 8.96. The van der Waals surface area contributed by atoms with Crippen LogP contribution in [0.4, 0.5) is 5.82 Å². The molecule has 0 bridgehead atoms. The van der Waals surface area contributed by atoms with Crippen molar-refractivity contribution in [3.63, 3.8) is 0 Å². The minimum Gasteiger partial charge on any atom is -0.392 e. The smallest absolute Gasteiger partial charge is 0.151 e. The van der Waals surface area contributed by atoms with Crippen molar-refractivity contribution in [3.8, 4) is 0 Å². The zero-order valence-electron chi connectivity index (χ0n) is 6.88. The summed E-state index contributed by atoms with van der Waals surface area (Å²) < 4.78 is 0. The molecule has 0 aromatic carbocycles. The maximum atomic E-state index is 9.22. The molecular weight excluding hydrogens is 156 g/mol. The van der Waals surface area contributed by atoms with Gasteiger partial charge in [0.2, 0.25) is 0 Å². The lowest BCUT2D eigenvalue weighted by Crippen LogP contribution is -2.34. The Balaban J connectivity index is 2.71.